The molecule has 1 aliphatic rings. The second kappa shape index (κ2) is 5.48. The molecule has 3 rings (SSSR count). The van der Waals surface area contributed by atoms with E-state index in [0.29, 0.717) is 11.5 Å². The molecule has 1 atom stereocenters. The largest absolute Gasteiger partial charge is 0.379 e. The van der Waals surface area contributed by atoms with E-state index in [4.69, 9.17) is 0 Å². The molecule has 2 heterocycles. The third kappa shape index (κ3) is 2.68. The molecule has 0 amide bonds. The lowest BCUT2D eigenvalue weighted by Gasteiger charge is -2.39. The Balaban J connectivity index is 1.88. The molecule has 1 saturated heterocycles. The predicted octanol–water partition coefficient (Wildman–Crippen LogP) is 3.21. The van der Waals surface area contributed by atoms with Crippen LogP contribution in [0.25, 0.3) is 5.69 Å². The van der Waals surface area contributed by atoms with Crippen molar-refractivity contribution in [1.29, 1.82) is 0 Å². The summed E-state index contributed by atoms with van der Waals surface area (Å²) >= 11 is 2.03. The first-order valence-corrected chi connectivity index (χ1v) is 8.10. The van der Waals surface area contributed by atoms with Crippen LogP contribution in [0.2, 0.25) is 0 Å². The third-order valence-corrected chi connectivity index (χ3v) is 5.08. The fourth-order valence-electron chi connectivity index (χ4n) is 2.49. The van der Waals surface area contributed by atoms with Crippen molar-refractivity contribution in [2.45, 2.75) is 26.3 Å². The lowest BCUT2D eigenvalue weighted by Crippen LogP contribution is -2.41. The van der Waals surface area contributed by atoms with Crippen LogP contribution in [0.5, 0.6) is 0 Å². The van der Waals surface area contributed by atoms with Gasteiger partial charge >= 0.3 is 0 Å². The summed E-state index contributed by atoms with van der Waals surface area (Å²) < 4.78 is 1.81. The SMILES string of the molecule is CC1(C)CCSCC1Nc1ccccc1-n1cncn1. The Hall–Kier alpha value is -1.49. The molecule has 1 aliphatic heterocycles. The standard InChI is InChI=1S/C15H20N4S/c1-15(2)7-8-20-9-14(15)18-12-5-3-4-6-13(12)19-11-16-10-17-19/h3-6,10-11,14,18H,7-9H2,1-2H3. The molecule has 0 spiro atoms. The number of anilines is 1. The highest BCUT2D eigenvalue weighted by Gasteiger charge is 2.32. The molecule has 20 heavy (non-hydrogen) atoms. The summed E-state index contributed by atoms with van der Waals surface area (Å²) in [6.45, 7) is 4.70. The summed E-state index contributed by atoms with van der Waals surface area (Å²) in [5, 5.41) is 7.96. The van der Waals surface area contributed by atoms with Crippen molar-refractivity contribution >= 4 is 17.4 Å². The number of nitrogens with one attached hydrogen (secondary N) is 1. The van der Waals surface area contributed by atoms with E-state index in [1.54, 1.807) is 12.7 Å². The summed E-state index contributed by atoms with van der Waals surface area (Å²) in [6.07, 6.45) is 4.55. The quantitative estimate of drug-likeness (QED) is 0.942. The van der Waals surface area contributed by atoms with Crippen LogP contribution in [-0.4, -0.2) is 32.3 Å². The minimum Gasteiger partial charge on any atom is -0.379 e. The third-order valence-electron chi connectivity index (χ3n) is 4.02. The van der Waals surface area contributed by atoms with E-state index in [2.05, 4.69) is 47.4 Å². The van der Waals surface area contributed by atoms with E-state index in [0.717, 1.165) is 17.1 Å². The van der Waals surface area contributed by atoms with E-state index in [1.165, 1.54) is 12.2 Å². The number of hydrogen-bond donors (Lipinski definition) is 1. The number of thioether (sulfide) groups is 1. The van der Waals surface area contributed by atoms with Gasteiger partial charge < -0.3 is 5.32 Å². The number of benzene rings is 1. The van der Waals surface area contributed by atoms with Crippen molar-refractivity contribution in [1.82, 2.24) is 14.8 Å². The highest BCUT2D eigenvalue weighted by atomic mass is 32.2. The Kier molecular flexibility index (Phi) is 3.70. The Labute approximate surface area is 124 Å². The molecule has 1 fully saturated rings. The van der Waals surface area contributed by atoms with Crippen LogP contribution in [0.3, 0.4) is 0 Å². The van der Waals surface area contributed by atoms with Crippen molar-refractivity contribution in [2.24, 2.45) is 5.41 Å². The van der Waals surface area contributed by atoms with Gasteiger partial charge in [0, 0.05) is 11.8 Å². The lowest BCUT2D eigenvalue weighted by molar-refractivity contribution is 0.305. The van der Waals surface area contributed by atoms with Crippen LogP contribution < -0.4 is 5.32 Å². The van der Waals surface area contributed by atoms with Gasteiger partial charge in [-0.3, -0.25) is 0 Å². The van der Waals surface area contributed by atoms with Crippen molar-refractivity contribution in [3.05, 3.63) is 36.9 Å². The maximum atomic E-state index is 4.24. The van der Waals surface area contributed by atoms with Gasteiger partial charge in [0.1, 0.15) is 12.7 Å². The molecule has 5 heteroatoms. The number of rotatable bonds is 3. The van der Waals surface area contributed by atoms with E-state index < -0.39 is 0 Å². The highest BCUT2D eigenvalue weighted by Crippen LogP contribution is 2.36. The molecule has 1 aromatic heterocycles. The monoisotopic (exact) mass is 288 g/mol. The normalized spacial score (nSPS) is 21.6. The fourth-order valence-corrected chi connectivity index (χ4v) is 4.10. The molecular formula is C15H20N4S. The number of nitrogens with zero attached hydrogens (tertiary/aromatic N) is 3. The first-order chi connectivity index (χ1) is 9.67. The molecule has 0 bridgehead atoms. The lowest BCUT2D eigenvalue weighted by atomic mass is 9.82. The van der Waals surface area contributed by atoms with E-state index in [1.807, 2.05) is 22.5 Å². The molecular weight excluding hydrogens is 268 g/mol. The van der Waals surface area contributed by atoms with Crippen LogP contribution >= 0.6 is 11.8 Å². The summed E-state index contributed by atoms with van der Waals surface area (Å²) in [5.74, 6) is 2.41. The second-order valence-electron chi connectivity index (χ2n) is 5.87. The summed E-state index contributed by atoms with van der Waals surface area (Å²) in [6, 6.07) is 8.76. The van der Waals surface area contributed by atoms with E-state index in [-0.39, 0.29) is 0 Å². The Bertz CT molecular complexity index is 565. The van der Waals surface area contributed by atoms with Gasteiger partial charge in [-0.15, -0.1) is 0 Å². The summed E-state index contributed by atoms with van der Waals surface area (Å²) in [4.78, 5) is 4.04. The number of aromatic nitrogens is 3. The van der Waals surface area contributed by atoms with Gasteiger partial charge in [0.15, 0.2) is 0 Å². The average Bonchev–Trinajstić information content (AvgIpc) is 2.95. The topological polar surface area (TPSA) is 42.7 Å². The molecule has 0 radical (unpaired) electrons. The van der Waals surface area contributed by atoms with Crippen LogP contribution in [0.1, 0.15) is 20.3 Å². The summed E-state index contributed by atoms with van der Waals surface area (Å²) in [5.41, 5.74) is 2.50. The Morgan fingerprint density at radius 1 is 1.35 bits per heavy atom. The molecule has 4 nitrogen and oxygen atoms in total. The van der Waals surface area contributed by atoms with Crippen molar-refractivity contribution in [3.8, 4) is 5.69 Å². The van der Waals surface area contributed by atoms with Gasteiger partial charge in [0.2, 0.25) is 0 Å². The minimum atomic E-state index is 0.320. The molecule has 0 aliphatic carbocycles. The zero-order valence-corrected chi connectivity index (χ0v) is 12.7. The maximum absolute atomic E-state index is 4.24. The first kappa shape index (κ1) is 13.5. The number of hydrogen-bond acceptors (Lipinski definition) is 4. The van der Waals surface area contributed by atoms with Crippen LogP contribution in [0, 0.1) is 5.41 Å². The zero-order chi connectivity index (χ0) is 14.0. The first-order valence-electron chi connectivity index (χ1n) is 6.95. The van der Waals surface area contributed by atoms with Crippen LogP contribution in [0.4, 0.5) is 5.69 Å². The van der Waals surface area contributed by atoms with Gasteiger partial charge in [0.25, 0.3) is 0 Å². The molecule has 1 unspecified atom stereocenters. The van der Waals surface area contributed by atoms with Gasteiger partial charge in [0.05, 0.1) is 11.4 Å². The summed E-state index contributed by atoms with van der Waals surface area (Å²) in [7, 11) is 0. The van der Waals surface area contributed by atoms with E-state index >= 15 is 0 Å². The molecule has 1 N–H and O–H groups in total. The second-order valence-corrected chi connectivity index (χ2v) is 7.02. The number of para-hydroxylation sites is 2. The van der Waals surface area contributed by atoms with Gasteiger partial charge in [-0.05, 0) is 29.7 Å². The zero-order valence-electron chi connectivity index (χ0n) is 11.9. The van der Waals surface area contributed by atoms with E-state index in [9.17, 15) is 0 Å². The molecule has 2 aromatic rings. The molecule has 1 aromatic carbocycles. The van der Waals surface area contributed by atoms with Crippen molar-refractivity contribution in [2.75, 3.05) is 16.8 Å². The highest BCUT2D eigenvalue weighted by molar-refractivity contribution is 7.99. The van der Waals surface area contributed by atoms with Crippen molar-refractivity contribution < 1.29 is 0 Å². The predicted molar refractivity (Wildman–Crippen MR) is 84.5 cm³/mol. The van der Waals surface area contributed by atoms with Crippen LogP contribution in [-0.2, 0) is 0 Å². The van der Waals surface area contributed by atoms with Gasteiger partial charge in [-0.1, -0.05) is 26.0 Å². The molecule has 0 saturated carbocycles. The smallest absolute Gasteiger partial charge is 0.138 e. The Morgan fingerprint density at radius 2 is 2.20 bits per heavy atom. The maximum Gasteiger partial charge on any atom is 0.138 e. The Morgan fingerprint density at radius 3 is 2.95 bits per heavy atom. The fraction of sp³-hybridized carbons (Fsp3) is 0.467. The van der Waals surface area contributed by atoms with Gasteiger partial charge in [-0.25, -0.2) is 9.67 Å². The van der Waals surface area contributed by atoms with Crippen LogP contribution in [0.15, 0.2) is 36.9 Å². The average molecular weight is 288 g/mol. The van der Waals surface area contributed by atoms with Gasteiger partial charge in [-0.2, -0.15) is 16.9 Å². The molecule has 106 valence electrons. The van der Waals surface area contributed by atoms with Crippen molar-refractivity contribution in [3.63, 3.8) is 0 Å². The minimum absolute atomic E-state index is 0.320.